The van der Waals surface area contributed by atoms with E-state index in [0.29, 0.717) is 19.3 Å². The first-order valence-corrected chi connectivity index (χ1v) is 27.0. The largest absolute Gasteiger partial charge is 0.462 e. The molecular formula is C61H98O6. The molecule has 0 aliphatic carbocycles. The molecule has 0 aliphatic rings. The number of allylic oxidation sites excluding steroid dienone is 20. The molecule has 0 atom stereocenters. The van der Waals surface area contributed by atoms with Crippen LogP contribution in [0, 0.1) is 0 Å². The Bertz CT molecular complexity index is 1370. The van der Waals surface area contributed by atoms with Crippen LogP contribution in [0.25, 0.3) is 0 Å². The van der Waals surface area contributed by atoms with Crippen molar-refractivity contribution in [3.8, 4) is 0 Å². The van der Waals surface area contributed by atoms with E-state index in [1.807, 2.05) is 12.2 Å². The Labute approximate surface area is 412 Å². The van der Waals surface area contributed by atoms with Crippen LogP contribution in [0.3, 0.4) is 0 Å². The van der Waals surface area contributed by atoms with Crippen molar-refractivity contribution in [1.82, 2.24) is 0 Å². The van der Waals surface area contributed by atoms with E-state index in [0.717, 1.165) is 128 Å². The summed E-state index contributed by atoms with van der Waals surface area (Å²) in [4.78, 5) is 38.0. The summed E-state index contributed by atoms with van der Waals surface area (Å²) in [6, 6.07) is 0. The number of hydrogen-bond acceptors (Lipinski definition) is 6. The van der Waals surface area contributed by atoms with Crippen molar-refractivity contribution in [2.24, 2.45) is 0 Å². The van der Waals surface area contributed by atoms with Gasteiger partial charge in [0.05, 0.1) is 0 Å². The summed E-state index contributed by atoms with van der Waals surface area (Å²) in [5, 5.41) is 0. The van der Waals surface area contributed by atoms with Crippen LogP contribution in [0.5, 0.6) is 0 Å². The Morgan fingerprint density at radius 3 is 0.970 bits per heavy atom. The summed E-state index contributed by atoms with van der Waals surface area (Å²) in [7, 11) is 0. The molecule has 0 amide bonds. The van der Waals surface area contributed by atoms with Gasteiger partial charge in [0, 0.05) is 19.3 Å². The van der Waals surface area contributed by atoms with E-state index >= 15 is 0 Å². The Morgan fingerprint density at radius 1 is 0.313 bits per heavy atom. The molecule has 0 aromatic rings. The molecule has 0 radical (unpaired) electrons. The first kappa shape index (κ1) is 62.8. The molecule has 0 aromatic carbocycles. The second-order valence-corrected chi connectivity index (χ2v) is 17.4. The fourth-order valence-corrected chi connectivity index (χ4v) is 6.88. The van der Waals surface area contributed by atoms with Gasteiger partial charge in [-0.1, -0.05) is 206 Å². The van der Waals surface area contributed by atoms with Crippen LogP contribution in [0.1, 0.15) is 226 Å². The fourth-order valence-electron chi connectivity index (χ4n) is 6.88. The highest BCUT2D eigenvalue weighted by Crippen LogP contribution is 2.12. The summed E-state index contributed by atoms with van der Waals surface area (Å²) in [5.41, 5.74) is 0. The minimum Gasteiger partial charge on any atom is -0.462 e. The molecule has 0 spiro atoms. The lowest BCUT2D eigenvalue weighted by atomic mass is 10.1. The van der Waals surface area contributed by atoms with E-state index in [9.17, 15) is 14.4 Å². The van der Waals surface area contributed by atoms with Gasteiger partial charge in [-0.25, -0.2) is 0 Å². The molecule has 6 heteroatoms. The Morgan fingerprint density at radius 2 is 0.612 bits per heavy atom. The van der Waals surface area contributed by atoms with Gasteiger partial charge < -0.3 is 14.2 Å². The SMILES string of the molecule is CC/C=C/C/C=C/C/C=C/C/C=C/C/C=C/C/C=C/CCC(=O)OC(COC(=O)CCCCCCC/C=C/C/C=C/CCCCC)COC(=O)CCCCCCC/C=C/C/C=C/CCCCC. The Hall–Kier alpha value is -4.19. The number of rotatable bonds is 47. The smallest absolute Gasteiger partial charge is 0.306 e. The maximum absolute atomic E-state index is 12.8. The molecule has 378 valence electrons. The van der Waals surface area contributed by atoms with Crippen molar-refractivity contribution < 1.29 is 28.6 Å². The molecule has 0 aliphatic heterocycles. The maximum Gasteiger partial charge on any atom is 0.306 e. The first-order chi connectivity index (χ1) is 33.0. The summed E-state index contributed by atoms with van der Waals surface area (Å²) >= 11 is 0. The number of unbranched alkanes of at least 4 members (excludes halogenated alkanes) is 16. The molecule has 67 heavy (non-hydrogen) atoms. The molecule has 0 heterocycles. The van der Waals surface area contributed by atoms with Crippen LogP contribution in [0.4, 0.5) is 0 Å². The molecule has 0 bridgehead atoms. The molecule has 0 N–H and O–H groups in total. The predicted molar refractivity (Wildman–Crippen MR) is 288 cm³/mol. The lowest BCUT2D eigenvalue weighted by Gasteiger charge is -2.18. The third kappa shape index (κ3) is 52.6. The number of carbonyl (C=O) groups excluding carboxylic acids is 3. The van der Waals surface area contributed by atoms with E-state index in [-0.39, 0.29) is 31.6 Å². The minimum absolute atomic E-state index is 0.123. The molecule has 0 fully saturated rings. The van der Waals surface area contributed by atoms with Gasteiger partial charge in [0.15, 0.2) is 6.10 Å². The van der Waals surface area contributed by atoms with Crippen molar-refractivity contribution in [2.75, 3.05) is 13.2 Å². The van der Waals surface area contributed by atoms with Crippen molar-refractivity contribution in [1.29, 1.82) is 0 Å². The van der Waals surface area contributed by atoms with Gasteiger partial charge in [-0.15, -0.1) is 0 Å². The highest BCUT2D eigenvalue weighted by Gasteiger charge is 2.19. The average molecular weight is 927 g/mol. The van der Waals surface area contributed by atoms with Crippen molar-refractivity contribution >= 4 is 17.9 Å². The lowest BCUT2D eigenvalue weighted by molar-refractivity contribution is -0.166. The van der Waals surface area contributed by atoms with Crippen LogP contribution in [-0.2, 0) is 28.6 Å². The monoisotopic (exact) mass is 927 g/mol. The zero-order valence-electron chi connectivity index (χ0n) is 43.1. The third-order valence-corrected chi connectivity index (χ3v) is 10.9. The summed E-state index contributed by atoms with van der Waals surface area (Å²) in [5.74, 6) is -1.04. The van der Waals surface area contributed by atoms with Gasteiger partial charge in [0.2, 0.25) is 0 Å². The predicted octanol–water partition coefficient (Wildman–Crippen LogP) is 18.1. The Balaban J connectivity index is 4.58. The highest BCUT2D eigenvalue weighted by atomic mass is 16.6. The van der Waals surface area contributed by atoms with Gasteiger partial charge in [-0.2, -0.15) is 0 Å². The summed E-state index contributed by atoms with van der Waals surface area (Å²) < 4.78 is 16.7. The first-order valence-electron chi connectivity index (χ1n) is 27.0. The maximum atomic E-state index is 12.8. The second-order valence-electron chi connectivity index (χ2n) is 17.4. The van der Waals surface area contributed by atoms with E-state index in [2.05, 4.69) is 130 Å². The normalized spacial score (nSPS) is 12.7. The van der Waals surface area contributed by atoms with Gasteiger partial charge in [-0.05, 0) is 122 Å². The van der Waals surface area contributed by atoms with Crippen molar-refractivity contribution in [3.05, 3.63) is 122 Å². The van der Waals surface area contributed by atoms with Crippen molar-refractivity contribution in [3.63, 3.8) is 0 Å². The summed E-state index contributed by atoms with van der Waals surface area (Å²) in [6.45, 7) is 6.37. The number of esters is 3. The van der Waals surface area contributed by atoms with Gasteiger partial charge >= 0.3 is 17.9 Å². The van der Waals surface area contributed by atoms with Crippen LogP contribution < -0.4 is 0 Å². The van der Waals surface area contributed by atoms with E-state index < -0.39 is 12.1 Å². The van der Waals surface area contributed by atoms with Gasteiger partial charge in [0.1, 0.15) is 13.2 Å². The molecule has 0 saturated heterocycles. The number of hydrogen-bond donors (Lipinski definition) is 0. The van der Waals surface area contributed by atoms with E-state index in [1.54, 1.807) is 0 Å². The van der Waals surface area contributed by atoms with Crippen LogP contribution in [-0.4, -0.2) is 37.2 Å². The third-order valence-electron chi connectivity index (χ3n) is 10.9. The van der Waals surface area contributed by atoms with Crippen LogP contribution >= 0.6 is 0 Å². The summed E-state index contributed by atoms with van der Waals surface area (Å²) in [6.07, 6.45) is 74.7. The number of ether oxygens (including phenoxy) is 3. The van der Waals surface area contributed by atoms with E-state index in [1.165, 1.54) is 51.4 Å². The molecule has 0 aromatic heterocycles. The standard InChI is InChI=1S/C61H98O6/c1-4-7-10-13-16-19-22-25-28-29-30-31-34-37-40-43-46-49-52-55-61(64)67-58(56-65-59(62)53-50-47-44-41-38-35-32-26-23-20-17-14-11-8-5-2)57-66-60(63)54-51-48-45-42-39-36-33-27-24-21-18-15-12-9-6-3/h7,10,16-21,25-28,30-33,37,40,46,49,58H,4-6,8-9,11-15,22-24,29,34-36,38-39,41-45,47-48,50-57H2,1-3H3/b10-7+,19-16+,20-17+,21-18+,28-25+,31-30+,32-26+,33-27+,40-37+,49-46+. The lowest BCUT2D eigenvalue weighted by Crippen LogP contribution is -2.30. The molecule has 0 rings (SSSR count). The van der Waals surface area contributed by atoms with Gasteiger partial charge in [-0.3, -0.25) is 14.4 Å². The molecular weight excluding hydrogens is 829 g/mol. The zero-order chi connectivity index (χ0) is 48.6. The number of carbonyl (C=O) groups is 3. The second kappa shape index (κ2) is 54.4. The molecule has 6 nitrogen and oxygen atoms in total. The van der Waals surface area contributed by atoms with E-state index in [4.69, 9.17) is 14.2 Å². The fraction of sp³-hybridized carbons (Fsp3) is 0.623. The minimum atomic E-state index is -0.833. The quantitative estimate of drug-likeness (QED) is 0.0262. The van der Waals surface area contributed by atoms with Crippen LogP contribution in [0.15, 0.2) is 122 Å². The molecule has 0 saturated carbocycles. The zero-order valence-corrected chi connectivity index (χ0v) is 43.1. The Kier molecular flexibility index (Phi) is 51.0. The molecule has 0 unspecified atom stereocenters. The van der Waals surface area contributed by atoms with Gasteiger partial charge in [0.25, 0.3) is 0 Å². The highest BCUT2D eigenvalue weighted by molar-refractivity contribution is 5.71. The van der Waals surface area contributed by atoms with Crippen molar-refractivity contribution in [2.45, 2.75) is 232 Å². The topological polar surface area (TPSA) is 78.9 Å². The average Bonchev–Trinajstić information content (AvgIpc) is 3.33. The van der Waals surface area contributed by atoms with Crippen LogP contribution in [0.2, 0.25) is 0 Å².